The van der Waals surface area contributed by atoms with Gasteiger partial charge < -0.3 is 10.2 Å². The molecule has 2 atom stereocenters. The van der Waals surface area contributed by atoms with E-state index in [0.717, 1.165) is 6.42 Å². The minimum absolute atomic E-state index is 0.579. The van der Waals surface area contributed by atoms with Gasteiger partial charge in [-0.3, -0.25) is 0 Å². The lowest BCUT2D eigenvalue weighted by Crippen LogP contribution is -2.28. The standard InChI is InChI=1S/C6H9BrO2/c7-4-2-1-3-5(8)6(4)9/h2,5-6,8-9H,1,3H2/t5-,6-/m0/s1. The molecule has 52 valence electrons. The van der Waals surface area contributed by atoms with Crippen LogP contribution in [-0.4, -0.2) is 22.4 Å². The first kappa shape index (κ1) is 7.25. The molecule has 0 saturated carbocycles. The second-order valence-electron chi connectivity index (χ2n) is 2.18. The number of aliphatic hydroxyl groups excluding tert-OH is 2. The summed E-state index contributed by atoms with van der Waals surface area (Å²) in [6.45, 7) is 0. The minimum Gasteiger partial charge on any atom is -0.390 e. The van der Waals surface area contributed by atoms with Crippen molar-refractivity contribution in [2.45, 2.75) is 25.0 Å². The smallest absolute Gasteiger partial charge is 0.111 e. The fourth-order valence-electron chi connectivity index (χ4n) is 0.854. The average molecular weight is 193 g/mol. The zero-order chi connectivity index (χ0) is 6.85. The van der Waals surface area contributed by atoms with E-state index in [2.05, 4.69) is 15.9 Å². The van der Waals surface area contributed by atoms with Crippen molar-refractivity contribution in [2.75, 3.05) is 0 Å². The van der Waals surface area contributed by atoms with Crippen molar-refractivity contribution in [1.82, 2.24) is 0 Å². The molecule has 9 heavy (non-hydrogen) atoms. The maximum Gasteiger partial charge on any atom is 0.111 e. The van der Waals surface area contributed by atoms with Crippen molar-refractivity contribution >= 4 is 15.9 Å². The summed E-state index contributed by atoms with van der Waals surface area (Å²) in [5.74, 6) is 0. The van der Waals surface area contributed by atoms with E-state index < -0.39 is 12.2 Å². The monoisotopic (exact) mass is 192 g/mol. The Kier molecular flexibility index (Phi) is 2.27. The molecule has 0 aliphatic heterocycles. The third-order valence-corrected chi connectivity index (χ3v) is 2.24. The van der Waals surface area contributed by atoms with Crippen LogP contribution in [0.1, 0.15) is 12.8 Å². The van der Waals surface area contributed by atoms with Gasteiger partial charge in [0.2, 0.25) is 0 Å². The zero-order valence-electron chi connectivity index (χ0n) is 4.92. The van der Waals surface area contributed by atoms with E-state index in [-0.39, 0.29) is 0 Å². The van der Waals surface area contributed by atoms with Gasteiger partial charge in [-0.1, -0.05) is 22.0 Å². The van der Waals surface area contributed by atoms with E-state index >= 15 is 0 Å². The highest BCUT2D eigenvalue weighted by Crippen LogP contribution is 2.22. The molecule has 0 radical (unpaired) electrons. The Labute approximate surface area is 62.3 Å². The van der Waals surface area contributed by atoms with Gasteiger partial charge in [-0.05, 0) is 12.8 Å². The van der Waals surface area contributed by atoms with Crippen molar-refractivity contribution in [3.8, 4) is 0 Å². The van der Waals surface area contributed by atoms with Gasteiger partial charge in [-0.2, -0.15) is 0 Å². The lowest BCUT2D eigenvalue weighted by Gasteiger charge is -2.20. The normalized spacial score (nSPS) is 36.1. The van der Waals surface area contributed by atoms with E-state index in [1.54, 1.807) is 0 Å². The van der Waals surface area contributed by atoms with Gasteiger partial charge >= 0.3 is 0 Å². The molecule has 2 nitrogen and oxygen atoms in total. The average Bonchev–Trinajstić information content (AvgIpc) is 1.83. The summed E-state index contributed by atoms with van der Waals surface area (Å²) < 4.78 is 0.709. The number of aliphatic hydroxyl groups is 2. The molecule has 1 aliphatic rings. The van der Waals surface area contributed by atoms with E-state index in [4.69, 9.17) is 10.2 Å². The summed E-state index contributed by atoms with van der Waals surface area (Å²) in [6, 6.07) is 0. The quantitative estimate of drug-likeness (QED) is 0.596. The third kappa shape index (κ3) is 1.53. The Morgan fingerprint density at radius 1 is 1.56 bits per heavy atom. The van der Waals surface area contributed by atoms with Gasteiger partial charge in [-0.25, -0.2) is 0 Å². The van der Waals surface area contributed by atoms with Gasteiger partial charge in [-0.15, -0.1) is 0 Å². The number of rotatable bonds is 0. The highest BCUT2D eigenvalue weighted by atomic mass is 79.9. The van der Waals surface area contributed by atoms with E-state index in [0.29, 0.717) is 10.9 Å². The summed E-state index contributed by atoms with van der Waals surface area (Å²) in [5, 5.41) is 18.1. The molecule has 0 aromatic heterocycles. The van der Waals surface area contributed by atoms with Gasteiger partial charge in [0.05, 0.1) is 6.10 Å². The van der Waals surface area contributed by atoms with Crippen molar-refractivity contribution < 1.29 is 10.2 Å². The fourth-order valence-corrected chi connectivity index (χ4v) is 1.39. The first-order chi connectivity index (χ1) is 4.22. The Balaban J connectivity index is 2.62. The Bertz CT molecular complexity index is 133. The second kappa shape index (κ2) is 2.82. The molecule has 0 bridgehead atoms. The van der Waals surface area contributed by atoms with E-state index in [1.807, 2.05) is 6.08 Å². The minimum atomic E-state index is -0.696. The van der Waals surface area contributed by atoms with Gasteiger partial charge in [0, 0.05) is 4.48 Å². The van der Waals surface area contributed by atoms with Crippen LogP contribution in [0.3, 0.4) is 0 Å². The number of hydrogen-bond acceptors (Lipinski definition) is 2. The molecule has 0 saturated heterocycles. The lowest BCUT2D eigenvalue weighted by atomic mass is 10.0. The summed E-state index contributed by atoms with van der Waals surface area (Å²) in [7, 11) is 0. The molecule has 3 heteroatoms. The first-order valence-corrected chi connectivity index (χ1v) is 3.73. The third-order valence-electron chi connectivity index (χ3n) is 1.45. The highest BCUT2D eigenvalue weighted by molar-refractivity contribution is 9.11. The first-order valence-electron chi connectivity index (χ1n) is 2.93. The van der Waals surface area contributed by atoms with E-state index in [9.17, 15) is 0 Å². The van der Waals surface area contributed by atoms with Crippen LogP contribution in [0.15, 0.2) is 10.6 Å². The van der Waals surface area contributed by atoms with Gasteiger partial charge in [0.25, 0.3) is 0 Å². The molecule has 0 unspecified atom stereocenters. The number of allylic oxidation sites excluding steroid dienone is 1. The van der Waals surface area contributed by atoms with Crippen molar-refractivity contribution in [2.24, 2.45) is 0 Å². The topological polar surface area (TPSA) is 40.5 Å². The van der Waals surface area contributed by atoms with Crippen molar-refractivity contribution in [3.63, 3.8) is 0 Å². The molecule has 0 aromatic rings. The van der Waals surface area contributed by atoms with Crippen LogP contribution in [0.4, 0.5) is 0 Å². The summed E-state index contributed by atoms with van der Waals surface area (Å²) >= 11 is 3.15. The van der Waals surface area contributed by atoms with Crippen LogP contribution in [0.5, 0.6) is 0 Å². The maximum atomic E-state index is 9.08. The van der Waals surface area contributed by atoms with Gasteiger partial charge in [0.15, 0.2) is 0 Å². The molecule has 0 spiro atoms. The number of halogens is 1. The van der Waals surface area contributed by atoms with Crippen molar-refractivity contribution in [3.05, 3.63) is 10.6 Å². The summed E-state index contributed by atoms with van der Waals surface area (Å²) in [6.07, 6.45) is 2.12. The van der Waals surface area contributed by atoms with Crippen LogP contribution in [0.2, 0.25) is 0 Å². The molecule has 1 aliphatic carbocycles. The van der Waals surface area contributed by atoms with Crippen LogP contribution in [-0.2, 0) is 0 Å². The Morgan fingerprint density at radius 2 is 2.22 bits per heavy atom. The number of hydrogen-bond donors (Lipinski definition) is 2. The van der Waals surface area contributed by atoms with E-state index in [1.165, 1.54) is 0 Å². The molecular formula is C6H9BrO2. The molecule has 0 amide bonds. The maximum absolute atomic E-state index is 9.08. The zero-order valence-corrected chi connectivity index (χ0v) is 6.50. The SMILES string of the molecule is O[C@H]1CCC=C(Br)[C@@H]1O. The summed E-state index contributed by atoms with van der Waals surface area (Å²) in [5.41, 5.74) is 0. The predicted octanol–water partition coefficient (Wildman–Crippen LogP) is 0.781. The lowest BCUT2D eigenvalue weighted by molar-refractivity contribution is 0.0370. The molecule has 0 aromatic carbocycles. The van der Waals surface area contributed by atoms with Crippen LogP contribution in [0, 0.1) is 0 Å². The van der Waals surface area contributed by atoms with Crippen molar-refractivity contribution in [1.29, 1.82) is 0 Å². The van der Waals surface area contributed by atoms with Gasteiger partial charge in [0.1, 0.15) is 6.10 Å². The molecular weight excluding hydrogens is 184 g/mol. The Hall–Kier alpha value is 0.140. The van der Waals surface area contributed by atoms with Crippen LogP contribution < -0.4 is 0 Å². The summed E-state index contributed by atoms with van der Waals surface area (Å²) in [4.78, 5) is 0. The fraction of sp³-hybridized carbons (Fsp3) is 0.667. The molecule has 2 N–H and O–H groups in total. The van der Waals surface area contributed by atoms with Crippen LogP contribution in [0.25, 0.3) is 0 Å². The molecule has 0 heterocycles. The Morgan fingerprint density at radius 3 is 2.67 bits per heavy atom. The molecule has 0 fully saturated rings. The largest absolute Gasteiger partial charge is 0.390 e. The predicted molar refractivity (Wildman–Crippen MR) is 38.3 cm³/mol. The van der Waals surface area contributed by atoms with Crippen LogP contribution >= 0.6 is 15.9 Å². The second-order valence-corrected chi connectivity index (χ2v) is 3.09. The molecule has 1 rings (SSSR count). The highest BCUT2D eigenvalue weighted by Gasteiger charge is 2.21.